The smallest absolute Gasteiger partial charge is 0.344 e. The van der Waals surface area contributed by atoms with Gasteiger partial charge in [-0.25, -0.2) is 9.78 Å². The molecule has 0 radical (unpaired) electrons. The van der Waals surface area contributed by atoms with Gasteiger partial charge >= 0.3 is 5.97 Å². The van der Waals surface area contributed by atoms with Gasteiger partial charge in [0.1, 0.15) is 5.82 Å². The van der Waals surface area contributed by atoms with Crippen molar-refractivity contribution in [2.45, 2.75) is 39.2 Å². The van der Waals surface area contributed by atoms with E-state index in [0.29, 0.717) is 22.3 Å². The number of benzene rings is 2. The van der Waals surface area contributed by atoms with E-state index < -0.39 is 12.1 Å². The standard InChI is InChI=1S/C23H23BrClN3O5/c1-5-12(2)21-27-18-7-6-15(24)10-16(18)22(29)28(21)26-11-14-8-17(25)20(19(9-14)32-4)33-13(3)23(30)31/h6-13H,5H2,1-4H3,(H,30,31)/t12-,13+/m0/s1. The first kappa shape index (κ1) is 24.7. The van der Waals surface area contributed by atoms with Crippen LogP contribution in [0.15, 0.2) is 44.7 Å². The van der Waals surface area contributed by atoms with Crippen molar-refractivity contribution in [3.05, 3.63) is 61.6 Å². The number of hydrogen-bond acceptors (Lipinski definition) is 6. The average molecular weight is 537 g/mol. The van der Waals surface area contributed by atoms with Crippen molar-refractivity contribution in [2.24, 2.45) is 5.10 Å². The highest BCUT2D eigenvalue weighted by molar-refractivity contribution is 9.10. The Kier molecular flexibility index (Phi) is 7.76. The van der Waals surface area contributed by atoms with E-state index >= 15 is 0 Å². The Morgan fingerprint density at radius 2 is 2.06 bits per heavy atom. The Labute approximate surface area is 203 Å². The van der Waals surface area contributed by atoms with Crippen LogP contribution in [0.1, 0.15) is 44.5 Å². The first-order chi connectivity index (χ1) is 15.7. The zero-order chi connectivity index (χ0) is 24.3. The number of fused-ring (bicyclic) bond motifs is 1. The first-order valence-electron chi connectivity index (χ1n) is 10.2. The highest BCUT2D eigenvalue weighted by Gasteiger charge is 2.19. The van der Waals surface area contributed by atoms with Crippen LogP contribution in [0, 0.1) is 0 Å². The molecule has 1 heterocycles. The van der Waals surface area contributed by atoms with Gasteiger partial charge in [-0.3, -0.25) is 4.79 Å². The number of ether oxygens (including phenoxy) is 2. The van der Waals surface area contributed by atoms with Gasteiger partial charge in [-0.15, -0.1) is 0 Å². The molecule has 0 aliphatic rings. The van der Waals surface area contributed by atoms with Crippen molar-refractivity contribution >= 4 is 50.6 Å². The minimum absolute atomic E-state index is 0.00527. The molecule has 1 N–H and O–H groups in total. The largest absolute Gasteiger partial charge is 0.493 e. The molecule has 1 aromatic heterocycles. The molecule has 0 spiro atoms. The summed E-state index contributed by atoms with van der Waals surface area (Å²) in [5, 5.41) is 14.1. The number of methoxy groups -OCH3 is 1. The third-order valence-corrected chi connectivity index (χ3v) is 5.88. The number of aliphatic carboxylic acids is 1. The van der Waals surface area contributed by atoms with Crippen LogP contribution in [-0.4, -0.2) is 40.2 Å². The van der Waals surface area contributed by atoms with Gasteiger partial charge in [0.05, 0.1) is 29.2 Å². The summed E-state index contributed by atoms with van der Waals surface area (Å²) in [6.45, 7) is 5.38. The summed E-state index contributed by atoms with van der Waals surface area (Å²) in [5.74, 6) is -0.240. The fraction of sp³-hybridized carbons (Fsp3) is 0.304. The minimum atomic E-state index is -1.13. The van der Waals surface area contributed by atoms with Crippen molar-refractivity contribution in [1.29, 1.82) is 0 Å². The topological polar surface area (TPSA) is 103 Å². The van der Waals surface area contributed by atoms with Gasteiger partial charge in [-0.2, -0.15) is 9.78 Å². The lowest BCUT2D eigenvalue weighted by Gasteiger charge is -2.16. The normalized spacial score (nSPS) is 13.3. The maximum Gasteiger partial charge on any atom is 0.344 e. The molecule has 0 saturated carbocycles. The van der Waals surface area contributed by atoms with Gasteiger partial charge in [-0.1, -0.05) is 41.4 Å². The van der Waals surface area contributed by atoms with Crippen LogP contribution in [0.5, 0.6) is 11.5 Å². The Balaban J connectivity index is 2.10. The summed E-state index contributed by atoms with van der Waals surface area (Å²) < 4.78 is 12.8. The number of halogens is 2. The quantitative estimate of drug-likeness (QED) is 0.403. The number of aromatic nitrogens is 2. The van der Waals surface area contributed by atoms with Crippen LogP contribution in [0.4, 0.5) is 0 Å². The fourth-order valence-electron chi connectivity index (χ4n) is 3.06. The molecule has 0 aliphatic carbocycles. The molecule has 0 amide bonds. The molecule has 3 aromatic rings. The lowest BCUT2D eigenvalue weighted by Crippen LogP contribution is -2.24. The fourth-order valence-corrected chi connectivity index (χ4v) is 3.68. The summed E-state index contributed by atoms with van der Waals surface area (Å²) in [5.41, 5.74) is 0.841. The zero-order valence-corrected chi connectivity index (χ0v) is 20.8. The molecule has 2 aromatic carbocycles. The van der Waals surface area contributed by atoms with Gasteiger partial charge in [0.15, 0.2) is 17.6 Å². The van der Waals surface area contributed by atoms with E-state index in [9.17, 15) is 9.59 Å². The molecular formula is C23H23BrClN3O5. The monoisotopic (exact) mass is 535 g/mol. The van der Waals surface area contributed by atoms with E-state index in [1.165, 1.54) is 24.9 Å². The molecule has 33 heavy (non-hydrogen) atoms. The second kappa shape index (κ2) is 10.4. The zero-order valence-electron chi connectivity index (χ0n) is 18.5. The second-order valence-corrected chi connectivity index (χ2v) is 8.76. The van der Waals surface area contributed by atoms with E-state index in [1.54, 1.807) is 24.3 Å². The summed E-state index contributed by atoms with van der Waals surface area (Å²) in [7, 11) is 1.42. The number of hydrogen-bond donors (Lipinski definition) is 1. The van der Waals surface area contributed by atoms with Gasteiger partial charge in [0.25, 0.3) is 5.56 Å². The minimum Gasteiger partial charge on any atom is -0.493 e. The summed E-state index contributed by atoms with van der Waals surface area (Å²) >= 11 is 9.72. The molecule has 8 nitrogen and oxygen atoms in total. The third-order valence-electron chi connectivity index (χ3n) is 5.10. The number of rotatable bonds is 8. The number of carbonyl (C=O) groups is 1. The van der Waals surface area contributed by atoms with Gasteiger partial charge < -0.3 is 14.6 Å². The number of nitrogens with zero attached hydrogens (tertiary/aromatic N) is 3. The molecule has 10 heteroatoms. The van der Waals surface area contributed by atoms with Crippen LogP contribution < -0.4 is 15.0 Å². The molecule has 0 saturated heterocycles. The van der Waals surface area contributed by atoms with Crippen molar-refractivity contribution in [3.8, 4) is 11.5 Å². The summed E-state index contributed by atoms with van der Waals surface area (Å²) in [6, 6.07) is 8.50. The third kappa shape index (κ3) is 5.36. The number of carboxylic acids is 1. The van der Waals surface area contributed by atoms with Crippen molar-refractivity contribution < 1.29 is 19.4 Å². The molecular weight excluding hydrogens is 514 g/mol. The second-order valence-electron chi connectivity index (χ2n) is 7.43. The summed E-state index contributed by atoms with van der Waals surface area (Å²) in [6.07, 6.45) is 1.13. The Morgan fingerprint density at radius 1 is 1.33 bits per heavy atom. The predicted octanol–water partition coefficient (Wildman–Crippen LogP) is 5.07. The van der Waals surface area contributed by atoms with Crippen LogP contribution in [0.25, 0.3) is 10.9 Å². The van der Waals surface area contributed by atoms with E-state index in [4.69, 9.17) is 26.2 Å². The number of carboxylic acid groups (broad SMARTS) is 1. The molecule has 0 fully saturated rings. The molecule has 0 bridgehead atoms. The molecule has 2 atom stereocenters. The van der Waals surface area contributed by atoms with E-state index in [2.05, 4.69) is 26.0 Å². The predicted molar refractivity (Wildman–Crippen MR) is 131 cm³/mol. The highest BCUT2D eigenvalue weighted by Crippen LogP contribution is 2.36. The molecule has 174 valence electrons. The van der Waals surface area contributed by atoms with Crippen molar-refractivity contribution in [3.63, 3.8) is 0 Å². The maximum absolute atomic E-state index is 13.2. The Hall–Kier alpha value is -2.91. The first-order valence-corrected chi connectivity index (χ1v) is 11.4. The van der Waals surface area contributed by atoms with Crippen molar-refractivity contribution in [2.75, 3.05) is 7.11 Å². The summed E-state index contributed by atoms with van der Waals surface area (Å²) in [4.78, 5) is 29.0. The Bertz CT molecular complexity index is 1290. The lowest BCUT2D eigenvalue weighted by atomic mass is 10.1. The molecule has 0 unspecified atom stereocenters. The van der Waals surface area contributed by atoms with Crippen molar-refractivity contribution in [1.82, 2.24) is 9.66 Å². The Morgan fingerprint density at radius 3 is 2.70 bits per heavy atom. The lowest BCUT2D eigenvalue weighted by molar-refractivity contribution is -0.144. The highest BCUT2D eigenvalue weighted by atomic mass is 79.9. The van der Waals surface area contributed by atoms with E-state index in [1.807, 2.05) is 19.9 Å². The SMILES string of the molecule is CC[C@H](C)c1nc2ccc(Br)cc2c(=O)n1N=Cc1cc(Cl)c(O[C@H](C)C(=O)O)c(OC)c1. The van der Waals surface area contributed by atoms with Gasteiger partial charge in [0, 0.05) is 10.4 Å². The molecule has 0 aliphatic heterocycles. The van der Waals surface area contributed by atoms with Crippen LogP contribution in [0.2, 0.25) is 5.02 Å². The maximum atomic E-state index is 13.2. The van der Waals surface area contributed by atoms with Crippen LogP contribution >= 0.6 is 27.5 Å². The van der Waals surface area contributed by atoms with Crippen LogP contribution in [-0.2, 0) is 4.79 Å². The average Bonchev–Trinajstić information content (AvgIpc) is 2.79. The molecule has 3 rings (SSSR count). The van der Waals surface area contributed by atoms with Gasteiger partial charge in [-0.05, 0) is 49.2 Å². The van der Waals surface area contributed by atoms with Crippen LogP contribution in [0.3, 0.4) is 0 Å². The van der Waals surface area contributed by atoms with E-state index in [-0.39, 0.29) is 28.0 Å². The van der Waals surface area contributed by atoms with Gasteiger partial charge in [0.2, 0.25) is 0 Å². The van der Waals surface area contributed by atoms with E-state index in [0.717, 1.165) is 10.9 Å².